The average Bonchev–Trinajstić information content (AvgIpc) is 2.73. The fourth-order valence-corrected chi connectivity index (χ4v) is 3.28. The molecular formula is C22H20N4O3. The Kier molecular flexibility index (Phi) is 4.64. The maximum atomic E-state index is 12.7. The van der Waals surface area contributed by atoms with Crippen LogP contribution in [0.15, 0.2) is 76.5 Å². The molecule has 0 fully saturated rings. The molecule has 1 amide bonds. The lowest BCUT2D eigenvalue weighted by molar-refractivity contribution is 0.0917. The summed E-state index contributed by atoms with van der Waals surface area (Å²) < 4.78 is 1.04. The maximum absolute atomic E-state index is 12.7. The van der Waals surface area contributed by atoms with E-state index >= 15 is 0 Å². The quantitative estimate of drug-likeness (QED) is 0.718. The van der Waals surface area contributed by atoms with E-state index in [9.17, 15) is 14.4 Å². The molecule has 1 aliphatic rings. The first-order valence-electron chi connectivity index (χ1n) is 9.15. The number of rotatable bonds is 3. The first-order valence-corrected chi connectivity index (χ1v) is 9.15. The predicted octanol–water partition coefficient (Wildman–Crippen LogP) is 1.97. The topological polar surface area (TPSA) is 87.2 Å². The van der Waals surface area contributed by atoms with Gasteiger partial charge >= 0.3 is 5.69 Å². The van der Waals surface area contributed by atoms with E-state index in [-0.39, 0.29) is 17.6 Å². The number of hydrogen-bond acceptors (Lipinski definition) is 4. The molecule has 7 heteroatoms. The highest BCUT2D eigenvalue weighted by molar-refractivity contribution is 5.96. The van der Waals surface area contributed by atoms with E-state index in [1.165, 1.54) is 7.05 Å². The summed E-state index contributed by atoms with van der Waals surface area (Å²) in [5.41, 5.74) is 1.79. The summed E-state index contributed by atoms with van der Waals surface area (Å²) in [6, 6.07) is 12.5. The molecule has 3 aromatic rings. The number of aromatic nitrogens is 2. The Morgan fingerprint density at radius 3 is 2.62 bits per heavy atom. The summed E-state index contributed by atoms with van der Waals surface area (Å²) in [5, 5.41) is 3.41. The molecule has 0 radical (unpaired) electrons. The van der Waals surface area contributed by atoms with Gasteiger partial charge in [0.1, 0.15) is 6.17 Å². The van der Waals surface area contributed by atoms with Crippen LogP contribution in [0.4, 0.5) is 0 Å². The standard InChI is InChI=1S/C22H20N4O3/c1-25-11-4-3-8-19(25)24-20(27)16-7-5-6-14(12-16)15-9-10-17-18(13-15)23-22(29)26(2)21(17)28/h3-13,19H,1-2H3,(H,23,29)(H,24,27). The van der Waals surface area contributed by atoms with Gasteiger partial charge in [0.05, 0.1) is 10.9 Å². The van der Waals surface area contributed by atoms with Crippen molar-refractivity contribution in [2.45, 2.75) is 6.17 Å². The Hall–Kier alpha value is -3.87. The number of carbonyl (C=O) groups excluding carboxylic acids is 1. The van der Waals surface area contributed by atoms with Crippen LogP contribution in [-0.2, 0) is 7.05 Å². The van der Waals surface area contributed by atoms with Crippen LogP contribution < -0.4 is 16.6 Å². The number of likely N-dealkylation sites (N-methyl/N-ethyl adjacent to an activating group) is 1. The van der Waals surface area contributed by atoms with Gasteiger partial charge in [0.2, 0.25) is 0 Å². The van der Waals surface area contributed by atoms with E-state index in [0.29, 0.717) is 16.5 Å². The summed E-state index contributed by atoms with van der Waals surface area (Å²) in [5.74, 6) is -0.188. The maximum Gasteiger partial charge on any atom is 0.328 e. The van der Waals surface area contributed by atoms with Gasteiger partial charge in [0.15, 0.2) is 0 Å². The van der Waals surface area contributed by atoms with E-state index in [2.05, 4.69) is 10.3 Å². The van der Waals surface area contributed by atoms with Crippen LogP contribution in [0.2, 0.25) is 0 Å². The van der Waals surface area contributed by atoms with Gasteiger partial charge in [-0.1, -0.05) is 24.3 Å². The van der Waals surface area contributed by atoms with Crippen molar-refractivity contribution in [2.75, 3.05) is 7.05 Å². The molecule has 1 aromatic heterocycles. The van der Waals surface area contributed by atoms with Crippen LogP contribution in [0.25, 0.3) is 22.0 Å². The Morgan fingerprint density at radius 2 is 1.83 bits per heavy atom. The lowest BCUT2D eigenvalue weighted by atomic mass is 10.0. The van der Waals surface area contributed by atoms with Crippen LogP contribution in [0.3, 0.4) is 0 Å². The Balaban J connectivity index is 1.66. The van der Waals surface area contributed by atoms with Gasteiger partial charge in [-0.15, -0.1) is 0 Å². The number of H-pyrrole nitrogens is 1. The molecule has 146 valence electrons. The minimum Gasteiger partial charge on any atom is -0.357 e. The minimum atomic E-state index is -0.466. The van der Waals surface area contributed by atoms with Gasteiger partial charge in [0, 0.05) is 25.9 Å². The van der Waals surface area contributed by atoms with Crippen molar-refractivity contribution in [3.63, 3.8) is 0 Å². The summed E-state index contributed by atoms with van der Waals surface area (Å²) in [6.07, 6.45) is 7.38. The first-order chi connectivity index (χ1) is 13.9. The van der Waals surface area contributed by atoms with Gasteiger partial charge in [0.25, 0.3) is 11.5 Å². The average molecular weight is 388 g/mol. The van der Waals surface area contributed by atoms with E-state index in [0.717, 1.165) is 15.7 Å². The first kappa shape index (κ1) is 18.5. The van der Waals surface area contributed by atoms with Gasteiger partial charge in [-0.25, -0.2) is 4.79 Å². The van der Waals surface area contributed by atoms with E-state index in [1.54, 1.807) is 24.3 Å². The molecule has 2 heterocycles. The monoisotopic (exact) mass is 388 g/mol. The highest BCUT2D eigenvalue weighted by Gasteiger charge is 2.15. The number of fused-ring (bicyclic) bond motifs is 1. The van der Waals surface area contributed by atoms with Gasteiger partial charge in [-0.3, -0.25) is 14.2 Å². The molecule has 4 rings (SSSR count). The molecule has 1 atom stereocenters. The summed E-state index contributed by atoms with van der Waals surface area (Å²) in [4.78, 5) is 41.4. The predicted molar refractivity (Wildman–Crippen MR) is 113 cm³/mol. The lowest BCUT2D eigenvalue weighted by Crippen LogP contribution is -2.43. The second-order valence-corrected chi connectivity index (χ2v) is 6.95. The fraction of sp³-hybridized carbons (Fsp3) is 0.136. The fourth-order valence-electron chi connectivity index (χ4n) is 3.28. The normalized spacial score (nSPS) is 15.7. The van der Waals surface area contributed by atoms with E-state index < -0.39 is 5.69 Å². The number of allylic oxidation sites excluding steroid dienone is 2. The number of amides is 1. The third-order valence-electron chi connectivity index (χ3n) is 5.00. The van der Waals surface area contributed by atoms with Gasteiger partial charge < -0.3 is 15.2 Å². The van der Waals surface area contributed by atoms with Crippen molar-refractivity contribution in [3.05, 3.63) is 93.3 Å². The molecular weight excluding hydrogens is 368 g/mol. The molecule has 0 saturated heterocycles. The number of nitrogens with zero attached hydrogens (tertiary/aromatic N) is 2. The highest BCUT2D eigenvalue weighted by Crippen LogP contribution is 2.23. The van der Waals surface area contributed by atoms with E-state index in [1.807, 2.05) is 54.6 Å². The number of carbonyl (C=O) groups is 1. The molecule has 0 saturated carbocycles. The minimum absolute atomic E-state index is 0.188. The summed E-state index contributed by atoms with van der Waals surface area (Å²) in [6.45, 7) is 0. The van der Waals surface area contributed by atoms with Crippen LogP contribution in [0, 0.1) is 0 Å². The highest BCUT2D eigenvalue weighted by atomic mass is 16.2. The zero-order valence-corrected chi connectivity index (χ0v) is 16.0. The van der Waals surface area contributed by atoms with Gasteiger partial charge in [-0.05, 0) is 47.5 Å². The Morgan fingerprint density at radius 1 is 1.03 bits per heavy atom. The smallest absolute Gasteiger partial charge is 0.328 e. The molecule has 1 unspecified atom stereocenters. The number of hydrogen-bond donors (Lipinski definition) is 2. The SMILES string of the molecule is CN1C=CC=CC1NC(=O)c1cccc(-c2ccc3c(=O)n(C)c(=O)[nH]c3c2)c1. The number of nitrogens with one attached hydrogen (secondary N) is 2. The molecule has 0 spiro atoms. The lowest BCUT2D eigenvalue weighted by Gasteiger charge is -2.27. The zero-order valence-electron chi connectivity index (χ0n) is 16.0. The third-order valence-corrected chi connectivity index (χ3v) is 5.00. The van der Waals surface area contributed by atoms with Crippen molar-refractivity contribution < 1.29 is 4.79 Å². The number of aromatic amines is 1. The zero-order chi connectivity index (χ0) is 20.5. The van der Waals surface area contributed by atoms with Crippen molar-refractivity contribution in [3.8, 4) is 11.1 Å². The van der Waals surface area contributed by atoms with Crippen LogP contribution >= 0.6 is 0 Å². The van der Waals surface area contributed by atoms with Crippen molar-refractivity contribution in [1.29, 1.82) is 0 Å². The Labute approximate surface area is 166 Å². The van der Waals surface area contributed by atoms with Crippen LogP contribution in [0.5, 0.6) is 0 Å². The summed E-state index contributed by atoms with van der Waals surface area (Å²) >= 11 is 0. The molecule has 0 aliphatic carbocycles. The largest absolute Gasteiger partial charge is 0.357 e. The molecule has 2 aromatic carbocycles. The molecule has 2 N–H and O–H groups in total. The molecule has 0 bridgehead atoms. The third kappa shape index (κ3) is 3.50. The molecule has 7 nitrogen and oxygen atoms in total. The van der Waals surface area contributed by atoms with Gasteiger partial charge in [-0.2, -0.15) is 0 Å². The Bertz CT molecular complexity index is 1280. The van der Waals surface area contributed by atoms with Crippen molar-refractivity contribution >= 4 is 16.8 Å². The van der Waals surface area contributed by atoms with Crippen LogP contribution in [-0.4, -0.2) is 33.6 Å². The second kappa shape index (κ2) is 7.27. The number of benzene rings is 2. The summed E-state index contributed by atoms with van der Waals surface area (Å²) in [7, 11) is 3.33. The molecule has 1 aliphatic heterocycles. The molecule has 29 heavy (non-hydrogen) atoms. The van der Waals surface area contributed by atoms with Crippen molar-refractivity contribution in [2.24, 2.45) is 7.05 Å². The second-order valence-electron chi connectivity index (χ2n) is 6.95. The van der Waals surface area contributed by atoms with Crippen molar-refractivity contribution in [1.82, 2.24) is 19.8 Å². The van der Waals surface area contributed by atoms with E-state index in [4.69, 9.17) is 0 Å². The van der Waals surface area contributed by atoms with Crippen LogP contribution in [0.1, 0.15) is 10.4 Å².